The Morgan fingerprint density at radius 2 is 2.05 bits per heavy atom. The summed E-state index contributed by atoms with van der Waals surface area (Å²) < 4.78 is 5.13. The van der Waals surface area contributed by atoms with Gasteiger partial charge in [-0.3, -0.25) is 0 Å². The number of ether oxygens (including phenoxy) is 1. The van der Waals surface area contributed by atoms with Gasteiger partial charge in [0, 0.05) is 11.8 Å². The highest BCUT2D eigenvalue weighted by Gasteiger charge is 2.16. The Morgan fingerprint density at radius 1 is 1.30 bits per heavy atom. The Kier molecular flexibility index (Phi) is 7.55. The Balaban J connectivity index is 2.47. The van der Waals surface area contributed by atoms with Crippen molar-refractivity contribution in [2.45, 2.75) is 51.5 Å². The first-order valence-corrected chi connectivity index (χ1v) is 7.30. The van der Waals surface area contributed by atoms with Crippen molar-refractivity contribution in [3.8, 4) is 5.75 Å². The van der Waals surface area contributed by atoms with Crippen molar-refractivity contribution in [2.24, 2.45) is 0 Å². The molecule has 0 spiro atoms. The SMILES string of the molecule is CCCCCCCC(Nc1cccc(OC)c1)C(=O)O. The number of anilines is 1. The lowest BCUT2D eigenvalue weighted by molar-refractivity contribution is -0.138. The van der Waals surface area contributed by atoms with Crippen LogP contribution in [0.3, 0.4) is 0 Å². The first kappa shape index (κ1) is 16.3. The van der Waals surface area contributed by atoms with E-state index in [1.165, 1.54) is 19.3 Å². The van der Waals surface area contributed by atoms with Crippen LogP contribution in [0, 0.1) is 0 Å². The molecule has 1 unspecified atom stereocenters. The minimum Gasteiger partial charge on any atom is -0.497 e. The van der Waals surface area contributed by atoms with Crippen molar-refractivity contribution in [1.29, 1.82) is 0 Å². The van der Waals surface area contributed by atoms with Gasteiger partial charge in [-0.2, -0.15) is 0 Å². The third-order valence-electron chi connectivity index (χ3n) is 3.31. The summed E-state index contributed by atoms with van der Waals surface area (Å²) in [6.45, 7) is 2.17. The number of carbonyl (C=O) groups is 1. The van der Waals surface area contributed by atoms with Crippen LogP contribution in [0.1, 0.15) is 45.4 Å². The molecule has 20 heavy (non-hydrogen) atoms. The van der Waals surface area contributed by atoms with Gasteiger partial charge in [-0.1, -0.05) is 45.1 Å². The van der Waals surface area contributed by atoms with Gasteiger partial charge in [0.2, 0.25) is 0 Å². The second-order valence-corrected chi connectivity index (χ2v) is 4.97. The van der Waals surface area contributed by atoms with E-state index in [0.29, 0.717) is 6.42 Å². The lowest BCUT2D eigenvalue weighted by Crippen LogP contribution is -2.29. The molecule has 0 radical (unpaired) electrons. The van der Waals surface area contributed by atoms with Crippen LogP contribution in [0.15, 0.2) is 24.3 Å². The van der Waals surface area contributed by atoms with Crippen LogP contribution in [0.4, 0.5) is 5.69 Å². The molecule has 0 heterocycles. The number of hydrogen-bond acceptors (Lipinski definition) is 3. The highest BCUT2D eigenvalue weighted by Crippen LogP contribution is 2.19. The Hall–Kier alpha value is -1.71. The summed E-state index contributed by atoms with van der Waals surface area (Å²) in [7, 11) is 1.60. The number of benzene rings is 1. The average molecular weight is 279 g/mol. The van der Waals surface area contributed by atoms with Gasteiger partial charge in [0.15, 0.2) is 0 Å². The molecular weight excluding hydrogens is 254 g/mol. The minimum atomic E-state index is -0.802. The molecule has 0 saturated carbocycles. The maximum atomic E-state index is 11.3. The van der Waals surface area contributed by atoms with E-state index < -0.39 is 12.0 Å². The van der Waals surface area contributed by atoms with E-state index in [1.54, 1.807) is 7.11 Å². The van der Waals surface area contributed by atoms with E-state index in [4.69, 9.17) is 4.74 Å². The third kappa shape index (κ3) is 5.95. The van der Waals surface area contributed by atoms with Crippen molar-refractivity contribution >= 4 is 11.7 Å². The van der Waals surface area contributed by atoms with E-state index in [-0.39, 0.29) is 0 Å². The van der Waals surface area contributed by atoms with Crippen LogP contribution in [0.2, 0.25) is 0 Å². The molecule has 0 bridgehead atoms. The fourth-order valence-electron chi connectivity index (χ4n) is 2.12. The number of methoxy groups -OCH3 is 1. The normalized spacial score (nSPS) is 11.9. The highest BCUT2D eigenvalue weighted by atomic mass is 16.5. The molecule has 2 N–H and O–H groups in total. The van der Waals surface area contributed by atoms with E-state index >= 15 is 0 Å². The molecule has 112 valence electrons. The molecule has 1 aromatic carbocycles. The van der Waals surface area contributed by atoms with Crippen LogP contribution in [0.5, 0.6) is 5.75 Å². The molecule has 0 aliphatic carbocycles. The second-order valence-electron chi connectivity index (χ2n) is 4.97. The van der Waals surface area contributed by atoms with Gasteiger partial charge >= 0.3 is 5.97 Å². The molecule has 0 aromatic heterocycles. The number of hydrogen-bond donors (Lipinski definition) is 2. The maximum Gasteiger partial charge on any atom is 0.326 e. The molecule has 4 nitrogen and oxygen atoms in total. The molecule has 0 amide bonds. The van der Waals surface area contributed by atoms with Gasteiger partial charge in [0.05, 0.1) is 7.11 Å². The van der Waals surface area contributed by atoms with Crippen LogP contribution < -0.4 is 10.1 Å². The largest absolute Gasteiger partial charge is 0.497 e. The van der Waals surface area contributed by atoms with Crippen molar-refractivity contribution < 1.29 is 14.6 Å². The lowest BCUT2D eigenvalue weighted by atomic mass is 10.1. The number of nitrogens with one attached hydrogen (secondary N) is 1. The zero-order valence-corrected chi connectivity index (χ0v) is 12.4. The predicted molar refractivity (Wildman–Crippen MR) is 81.4 cm³/mol. The van der Waals surface area contributed by atoms with Gasteiger partial charge in [0.1, 0.15) is 11.8 Å². The molecule has 0 aliphatic rings. The standard InChI is InChI=1S/C16H25NO3/c1-3-4-5-6-7-11-15(16(18)19)17-13-9-8-10-14(12-13)20-2/h8-10,12,15,17H,3-7,11H2,1-2H3,(H,18,19). The maximum absolute atomic E-state index is 11.3. The smallest absolute Gasteiger partial charge is 0.326 e. The number of carboxylic acid groups (broad SMARTS) is 1. The molecule has 0 aliphatic heterocycles. The second kappa shape index (κ2) is 9.23. The lowest BCUT2D eigenvalue weighted by Gasteiger charge is -2.16. The Labute approximate surface area is 121 Å². The Morgan fingerprint density at radius 3 is 2.70 bits per heavy atom. The molecule has 1 atom stereocenters. The first-order chi connectivity index (χ1) is 9.67. The summed E-state index contributed by atoms with van der Waals surface area (Å²) in [5.74, 6) is -0.0783. The third-order valence-corrected chi connectivity index (χ3v) is 3.31. The minimum absolute atomic E-state index is 0.538. The summed E-state index contributed by atoms with van der Waals surface area (Å²) in [4.78, 5) is 11.3. The summed E-state index contributed by atoms with van der Waals surface area (Å²) in [5.41, 5.74) is 0.783. The highest BCUT2D eigenvalue weighted by molar-refractivity contribution is 5.77. The van der Waals surface area contributed by atoms with Gasteiger partial charge in [0.25, 0.3) is 0 Å². The molecule has 4 heteroatoms. The van der Waals surface area contributed by atoms with E-state index in [2.05, 4.69) is 12.2 Å². The summed E-state index contributed by atoms with van der Waals surface area (Å²) in [6, 6.07) is 6.82. The van der Waals surface area contributed by atoms with Crippen LogP contribution in [0.25, 0.3) is 0 Å². The van der Waals surface area contributed by atoms with Crippen LogP contribution in [-0.2, 0) is 4.79 Å². The monoisotopic (exact) mass is 279 g/mol. The number of rotatable bonds is 10. The quantitative estimate of drug-likeness (QED) is 0.637. The van der Waals surface area contributed by atoms with Crippen molar-refractivity contribution in [3.05, 3.63) is 24.3 Å². The fourth-order valence-corrected chi connectivity index (χ4v) is 2.12. The predicted octanol–water partition coefficient (Wildman–Crippen LogP) is 3.92. The van der Waals surface area contributed by atoms with E-state index in [0.717, 1.165) is 24.3 Å². The first-order valence-electron chi connectivity index (χ1n) is 7.30. The van der Waals surface area contributed by atoms with E-state index in [1.807, 2.05) is 24.3 Å². The zero-order chi connectivity index (χ0) is 14.8. The molecule has 0 fully saturated rings. The number of unbranched alkanes of at least 4 members (excludes halogenated alkanes) is 4. The molecule has 0 saturated heterocycles. The van der Waals surface area contributed by atoms with Crippen molar-refractivity contribution in [3.63, 3.8) is 0 Å². The summed E-state index contributed by atoms with van der Waals surface area (Å²) in [6.07, 6.45) is 6.29. The van der Waals surface area contributed by atoms with Crippen LogP contribution in [-0.4, -0.2) is 24.2 Å². The molecular formula is C16H25NO3. The van der Waals surface area contributed by atoms with Crippen molar-refractivity contribution in [1.82, 2.24) is 0 Å². The van der Waals surface area contributed by atoms with Crippen LogP contribution >= 0.6 is 0 Å². The Bertz CT molecular complexity index is 406. The van der Waals surface area contributed by atoms with Gasteiger partial charge in [-0.15, -0.1) is 0 Å². The topological polar surface area (TPSA) is 58.6 Å². The van der Waals surface area contributed by atoms with Gasteiger partial charge in [-0.05, 0) is 18.6 Å². The summed E-state index contributed by atoms with van der Waals surface area (Å²) in [5, 5.41) is 12.3. The zero-order valence-electron chi connectivity index (χ0n) is 12.4. The van der Waals surface area contributed by atoms with E-state index in [9.17, 15) is 9.90 Å². The molecule has 1 rings (SSSR count). The van der Waals surface area contributed by atoms with Gasteiger partial charge in [-0.25, -0.2) is 4.79 Å². The number of carboxylic acids is 1. The van der Waals surface area contributed by atoms with Gasteiger partial charge < -0.3 is 15.2 Å². The fraction of sp³-hybridized carbons (Fsp3) is 0.562. The summed E-state index contributed by atoms with van der Waals surface area (Å²) >= 11 is 0. The number of aliphatic carboxylic acids is 1. The molecule has 1 aromatic rings. The average Bonchev–Trinajstić information content (AvgIpc) is 2.45. The van der Waals surface area contributed by atoms with Crippen molar-refractivity contribution in [2.75, 3.05) is 12.4 Å².